The third-order valence-corrected chi connectivity index (χ3v) is 6.07. The second kappa shape index (κ2) is 12.9. The summed E-state index contributed by atoms with van der Waals surface area (Å²) in [4.78, 5) is 11.0. The highest BCUT2D eigenvalue weighted by molar-refractivity contribution is 5.75. The van der Waals surface area contributed by atoms with Crippen molar-refractivity contribution >= 4 is 11.9 Å². The molecule has 0 fully saturated rings. The van der Waals surface area contributed by atoms with E-state index in [1.54, 1.807) is 6.92 Å². The van der Waals surface area contributed by atoms with Gasteiger partial charge in [-0.15, -0.1) is 0 Å². The molecule has 0 N–H and O–H groups in total. The van der Waals surface area contributed by atoms with Crippen LogP contribution in [0.4, 0.5) is 0 Å². The predicted octanol–water partition coefficient (Wildman–Crippen LogP) is 8.90. The molecular weight excluding hydrogens is 364 g/mol. The molecule has 0 saturated carbocycles. The van der Waals surface area contributed by atoms with E-state index in [-0.39, 0.29) is 10.8 Å². The maximum absolute atomic E-state index is 11.0. The molecule has 1 rings (SSSR count). The summed E-state index contributed by atoms with van der Waals surface area (Å²) >= 11 is 0. The Hall–Kier alpha value is -1.63. The first-order valence-electron chi connectivity index (χ1n) is 11.9. The highest BCUT2D eigenvalue weighted by atomic mass is 16.1. The number of carbonyl (C=O) groups is 1. The number of hydrogen-bond acceptors (Lipinski definition) is 1. The number of benzene rings is 1. The SMILES string of the molecule is CC(=O)CCCCCCC=CC(CC(/C=C/c1ccccc1)C(C)(C)C)C(C)(C)C. The lowest BCUT2D eigenvalue weighted by Gasteiger charge is -2.36. The van der Waals surface area contributed by atoms with Crippen LogP contribution in [0.15, 0.2) is 48.6 Å². The molecule has 30 heavy (non-hydrogen) atoms. The number of carbonyl (C=O) groups excluding carboxylic acids is 1. The maximum atomic E-state index is 11.0. The minimum atomic E-state index is 0.235. The van der Waals surface area contributed by atoms with Crippen LogP contribution in [0.2, 0.25) is 0 Å². The van der Waals surface area contributed by atoms with E-state index in [4.69, 9.17) is 0 Å². The van der Waals surface area contributed by atoms with E-state index in [9.17, 15) is 4.79 Å². The summed E-state index contributed by atoms with van der Waals surface area (Å²) in [5.74, 6) is 1.40. The second-order valence-corrected chi connectivity index (χ2v) is 11.0. The van der Waals surface area contributed by atoms with Crippen LogP contribution >= 0.6 is 0 Å². The Morgan fingerprint density at radius 2 is 1.40 bits per heavy atom. The van der Waals surface area contributed by atoms with Gasteiger partial charge in [-0.3, -0.25) is 0 Å². The lowest BCUT2D eigenvalue weighted by atomic mass is 9.69. The van der Waals surface area contributed by atoms with Gasteiger partial charge in [0.15, 0.2) is 0 Å². The van der Waals surface area contributed by atoms with Crippen LogP contribution in [0, 0.1) is 22.7 Å². The molecule has 168 valence electrons. The zero-order valence-electron chi connectivity index (χ0n) is 20.7. The molecule has 0 saturated heterocycles. The van der Waals surface area contributed by atoms with Crippen LogP contribution in [-0.2, 0) is 4.79 Å². The Balaban J connectivity index is 2.69. The largest absolute Gasteiger partial charge is 0.300 e. The Bertz CT molecular complexity index is 652. The van der Waals surface area contributed by atoms with E-state index in [0.29, 0.717) is 17.6 Å². The van der Waals surface area contributed by atoms with Crippen molar-refractivity contribution in [3.05, 3.63) is 54.1 Å². The topological polar surface area (TPSA) is 17.1 Å². The summed E-state index contributed by atoms with van der Waals surface area (Å²) in [6.07, 6.45) is 17.3. The Morgan fingerprint density at radius 1 is 0.833 bits per heavy atom. The van der Waals surface area contributed by atoms with Crippen molar-refractivity contribution in [1.82, 2.24) is 0 Å². The van der Waals surface area contributed by atoms with E-state index >= 15 is 0 Å². The molecule has 0 amide bonds. The van der Waals surface area contributed by atoms with Gasteiger partial charge in [0.25, 0.3) is 0 Å². The van der Waals surface area contributed by atoms with E-state index in [0.717, 1.165) is 19.3 Å². The normalized spacial score (nSPS) is 15.0. The molecule has 0 heterocycles. The van der Waals surface area contributed by atoms with Crippen LogP contribution in [-0.4, -0.2) is 5.78 Å². The lowest BCUT2D eigenvalue weighted by molar-refractivity contribution is -0.117. The van der Waals surface area contributed by atoms with Gasteiger partial charge < -0.3 is 4.79 Å². The van der Waals surface area contributed by atoms with Gasteiger partial charge >= 0.3 is 0 Å². The molecule has 2 atom stereocenters. The molecular formula is C29H46O. The number of ketones is 1. The molecule has 0 radical (unpaired) electrons. The van der Waals surface area contributed by atoms with E-state index < -0.39 is 0 Å². The highest BCUT2D eigenvalue weighted by Crippen LogP contribution is 2.39. The maximum Gasteiger partial charge on any atom is 0.129 e. The van der Waals surface area contributed by atoms with Crippen LogP contribution in [0.3, 0.4) is 0 Å². The second-order valence-electron chi connectivity index (χ2n) is 11.0. The zero-order valence-corrected chi connectivity index (χ0v) is 20.7. The predicted molar refractivity (Wildman–Crippen MR) is 134 cm³/mol. The van der Waals surface area contributed by atoms with Gasteiger partial charge in [0.2, 0.25) is 0 Å². The van der Waals surface area contributed by atoms with Gasteiger partial charge in [-0.1, -0.05) is 109 Å². The van der Waals surface area contributed by atoms with Gasteiger partial charge in [-0.2, -0.15) is 0 Å². The number of Topliss-reactive ketones (excluding diaryl/α,β-unsaturated/α-hetero) is 1. The quantitative estimate of drug-likeness (QED) is 0.248. The average Bonchev–Trinajstić information content (AvgIpc) is 2.64. The van der Waals surface area contributed by atoms with Crippen LogP contribution in [0.1, 0.15) is 99.0 Å². The number of unbranched alkanes of at least 4 members (excludes halogenated alkanes) is 4. The number of allylic oxidation sites excluding steroid dienone is 3. The molecule has 0 aliphatic carbocycles. The standard InChI is InChI=1S/C29H46O/c1-24(30)17-13-10-8-9-11-16-20-26(28(2,3)4)23-27(29(5,6)7)22-21-25-18-14-12-15-19-25/h12,14-16,18-22,26-27H,8-11,13,17,23H2,1-7H3/b20-16?,22-21+. The number of hydrogen-bond donors (Lipinski definition) is 0. The monoisotopic (exact) mass is 410 g/mol. The molecule has 1 nitrogen and oxygen atoms in total. The van der Waals surface area contributed by atoms with Crippen molar-refractivity contribution in [2.45, 2.75) is 93.4 Å². The molecule has 0 aliphatic rings. The van der Waals surface area contributed by atoms with Crippen LogP contribution in [0.5, 0.6) is 0 Å². The summed E-state index contributed by atoms with van der Waals surface area (Å²) in [6.45, 7) is 15.9. The Labute approximate surface area is 187 Å². The van der Waals surface area contributed by atoms with Crippen molar-refractivity contribution in [1.29, 1.82) is 0 Å². The minimum absolute atomic E-state index is 0.235. The average molecular weight is 411 g/mol. The van der Waals surface area contributed by atoms with Crippen molar-refractivity contribution in [2.24, 2.45) is 22.7 Å². The summed E-state index contributed by atoms with van der Waals surface area (Å²) in [7, 11) is 0. The summed E-state index contributed by atoms with van der Waals surface area (Å²) in [5, 5.41) is 0. The first-order chi connectivity index (χ1) is 14.0. The molecule has 1 heteroatoms. The van der Waals surface area contributed by atoms with Crippen LogP contribution in [0.25, 0.3) is 6.08 Å². The highest BCUT2D eigenvalue weighted by Gasteiger charge is 2.30. The molecule has 0 spiro atoms. The smallest absolute Gasteiger partial charge is 0.129 e. The van der Waals surface area contributed by atoms with Crippen molar-refractivity contribution in [2.75, 3.05) is 0 Å². The Kier molecular flexibility index (Phi) is 11.4. The molecule has 0 bridgehead atoms. The fourth-order valence-corrected chi connectivity index (χ4v) is 3.76. The summed E-state index contributed by atoms with van der Waals surface area (Å²) in [5.41, 5.74) is 1.76. The zero-order chi connectivity index (χ0) is 22.6. The molecule has 2 unspecified atom stereocenters. The van der Waals surface area contributed by atoms with Gasteiger partial charge in [0.1, 0.15) is 5.78 Å². The third kappa shape index (κ3) is 11.5. The third-order valence-electron chi connectivity index (χ3n) is 6.07. The van der Waals surface area contributed by atoms with Crippen molar-refractivity contribution in [3.8, 4) is 0 Å². The molecule has 1 aromatic carbocycles. The minimum Gasteiger partial charge on any atom is -0.300 e. The van der Waals surface area contributed by atoms with Gasteiger partial charge in [0.05, 0.1) is 0 Å². The molecule has 1 aromatic rings. The van der Waals surface area contributed by atoms with E-state index in [2.05, 4.69) is 96.2 Å². The molecule has 0 aromatic heterocycles. The summed E-state index contributed by atoms with van der Waals surface area (Å²) < 4.78 is 0. The van der Waals surface area contributed by atoms with Gasteiger partial charge in [-0.05, 0) is 60.8 Å². The van der Waals surface area contributed by atoms with Gasteiger partial charge in [-0.25, -0.2) is 0 Å². The number of rotatable bonds is 12. The van der Waals surface area contributed by atoms with E-state index in [1.165, 1.54) is 31.2 Å². The van der Waals surface area contributed by atoms with Gasteiger partial charge in [0, 0.05) is 6.42 Å². The fourth-order valence-electron chi connectivity index (χ4n) is 3.76. The first kappa shape index (κ1) is 26.4. The first-order valence-corrected chi connectivity index (χ1v) is 11.9. The van der Waals surface area contributed by atoms with Crippen LogP contribution < -0.4 is 0 Å². The summed E-state index contributed by atoms with van der Waals surface area (Å²) in [6, 6.07) is 10.6. The Morgan fingerprint density at radius 3 is 1.97 bits per heavy atom. The lowest BCUT2D eigenvalue weighted by Crippen LogP contribution is -2.27. The molecule has 0 aliphatic heterocycles. The van der Waals surface area contributed by atoms with Crippen molar-refractivity contribution < 1.29 is 4.79 Å². The fraction of sp³-hybridized carbons (Fsp3) is 0.621. The van der Waals surface area contributed by atoms with E-state index in [1.807, 2.05) is 0 Å². The van der Waals surface area contributed by atoms with Crippen molar-refractivity contribution in [3.63, 3.8) is 0 Å².